The molecule has 6 heteroatoms. The highest BCUT2D eigenvalue weighted by Gasteiger charge is 2.24. The Kier molecular flexibility index (Phi) is 4.31. The molecular formula is C8H18N2O3S. The van der Waals surface area contributed by atoms with E-state index in [1.807, 2.05) is 6.92 Å². The van der Waals surface area contributed by atoms with Gasteiger partial charge < -0.3 is 4.74 Å². The molecule has 0 bridgehead atoms. The Morgan fingerprint density at radius 3 is 2.50 bits per heavy atom. The van der Waals surface area contributed by atoms with E-state index in [9.17, 15) is 8.42 Å². The fourth-order valence-electron chi connectivity index (χ4n) is 1.33. The van der Waals surface area contributed by atoms with E-state index >= 15 is 0 Å². The third kappa shape index (κ3) is 3.20. The van der Waals surface area contributed by atoms with Gasteiger partial charge in [-0.1, -0.05) is 0 Å². The van der Waals surface area contributed by atoms with E-state index in [0.717, 1.165) is 12.8 Å². The summed E-state index contributed by atoms with van der Waals surface area (Å²) in [5.41, 5.74) is 0. The first-order chi connectivity index (χ1) is 6.56. The molecule has 1 aliphatic heterocycles. The third-order valence-corrected chi connectivity index (χ3v) is 3.94. The molecule has 5 nitrogen and oxygen atoms in total. The molecule has 0 aromatic carbocycles. The van der Waals surface area contributed by atoms with Crippen molar-refractivity contribution >= 4 is 10.2 Å². The van der Waals surface area contributed by atoms with Crippen LogP contribution in [0.5, 0.6) is 0 Å². The second-order valence-corrected chi connectivity index (χ2v) is 5.26. The molecule has 1 unspecified atom stereocenters. The first-order valence-corrected chi connectivity index (χ1v) is 6.28. The first kappa shape index (κ1) is 11.9. The average molecular weight is 222 g/mol. The van der Waals surface area contributed by atoms with E-state index in [1.54, 1.807) is 7.11 Å². The van der Waals surface area contributed by atoms with Crippen LogP contribution >= 0.6 is 0 Å². The number of nitrogens with zero attached hydrogens (tertiary/aromatic N) is 1. The van der Waals surface area contributed by atoms with Crippen LogP contribution in [0.3, 0.4) is 0 Å². The molecule has 0 amide bonds. The number of hydrogen-bond acceptors (Lipinski definition) is 3. The summed E-state index contributed by atoms with van der Waals surface area (Å²) in [6, 6.07) is 0. The first-order valence-electron chi connectivity index (χ1n) is 4.84. The van der Waals surface area contributed by atoms with Crippen molar-refractivity contribution in [3.05, 3.63) is 0 Å². The van der Waals surface area contributed by atoms with E-state index in [2.05, 4.69) is 4.72 Å². The van der Waals surface area contributed by atoms with Gasteiger partial charge >= 0.3 is 0 Å². The molecule has 1 aliphatic rings. The molecule has 0 aromatic heterocycles. The van der Waals surface area contributed by atoms with Crippen molar-refractivity contribution in [2.24, 2.45) is 0 Å². The topological polar surface area (TPSA) is 58.6 Å². The predicted octanol–water partition coefficient (Wildman–Crippen LogP) is -0.0485. The van der Waals surface area contributed by atoms with Gasteiger partial charge in [0.2, 0.25) is 0 Å². The predicted molar refractivity (Wildman–Crippen MR) is 54.2 cm³/mol. The van der Waals surface area contributed by atoms with Gasteiger partial charge in [0.25, 0.3) is 10.2 Å². The number of nitrogens with one attached hydrogen (secondary N) is 1. The molecule has 0 radical (unpaired) electrons. The summed E-state index contributed by atoms with van der Waals surface area (Å²) in [6.07, 6.45) is 1.83. The lowest BCUT2D eigenvalue weighted by atomic mass is 10.4. The summed E-state index contributed by atoms with van der Waals surface area (Å²) in [5, 5.41) is 0. The summed E-state index contributed by atoms with van der Waals surface area (Å²) in [5.74, 6) is 0. The molecule has 14 heavy (non-hydrogen) atoms. The Balaban J connectivity index is 2.41. The zero-order valence-corrected chi connectivity index (χ0v) is 9.51. The fraction of sp³-hybridized carbons (Fsp3) is 1.00. The van der Waals surface area contributed by atoms with E-state index in [4.69, 9.17) is 4.74 Å². The number of methoxy groups -OCH3 is 1. The van der Waals surface area contributed by atoms with Crippen molar-refractivity contribution < 1.29 is 13.2 Å². The molecule has 1 rings (SSSR count). The van der Waals surface area contributed by atoms with Crippen molar-refractivity contribution in [1.29, 1.82) is 0 Å². The number of rotatable bonds is 5. The third-order valence-electron chi connectivity index (χ3n) is 2.36. The molecule has 84 valence electrons. The number of hydrogen-bond donors (Lipinski definition) is 1. The highest BCUT2D eigenvalue weighted by molar-refractivity contribution is 7.87. The van der Waals surface area contributed by atoms with Crippen molar-refractivity contribution in [3.8, 4) is 0 Å². The van der Waals surface area contributed by atoms with Crippen molar-refractivity contribution in [3.63, 3.8) is 0 Å². The SMILES string of the molecule is COC(C)CNS(=O)(=O)N1CCCC1. The summed E-state index contributed by atoms with van der Waals surface area (Å²) in [7, 11) is -1.70. The Morgan fingerprint density at radius 1 is 1.43 bits per heavy atom. The summed E-state index contributed by atoms with van der Waals surface area (Å²) in [6.45, 7) is 3.43. The molecule has 1 heterocycles. The molecule has 1 saturated heterocycles. The minimum Gasteiger partial charge on any atom is -0.380 e. The summed E-state index contributed by atoms with van der Waals surface area (Å²) in [4.78, 5) is 0. The van der Waals surface area contributed by atoms with Gasteiger partial charge in [-0.2, -0.15) is 17.4 Å². The largest absolute Gasteiger partial charge is 0.380 e. The van der Waals surface area contributed by atoms with Crippen LogP contribution in [0.1, 0.15) is 19.8 Å². The lowest BCUT2D eigenvalue weighted by Gasteiger charge is -2.17. The van der Waals surface area contributed by atoms with Gasteiger partial charge in [-0.05, 0) is 19.8 Å². The van der Waals surface area contributed by atoms with Gasteiger partial charge in [0.1, 0.15) is 0 Å². The van der Waals surface area contributed by atoms with E-state index < -0.39 is 10.2 Å². The zero-order valence-electron chi connectivity index (χ0n) is 8.69. The maximum Gasteiger partial charge on any atom is 0.279 e. The minimum absolute atomic E-state index is 0.0904. The van der Waals surface area contributed by atoms with Gasteiger partial charge in [0.15, 0.2) is 0 Å². The van der Waals surface area contributed by atoms with Crippen molar-refractivity contribution in [1.82, 2.24) is 9.03 Å². The molecule has 0 spiro atoms. The van der Waals surface area contributed by atoms with Crippen LogP contribution < -0.4 is 4.72 Å². The lowest BCUT2D eigenvalue weighted by Crippen LogP contribution is -2.41. The molecular weight excluding hydrogens is 204 g/mol. The van der Waals surface area contributed by atoms with Crippen molar-refractivity contribution in [2.75, 3.05) is 26.7 Å². The van der Waals surface area contributed by atoms with Gasteiger partial charge in [-0.15, -0.1) is 0 Å². The van der Waals surface area contributed by atoms with Crippen LogP contribution in [0.25, 0.3) is 0 Å². The highest BCUT2D eigenvalue weighted by atomic mass is 32.2. The molecule has 0 aliphatic carbocycles. The second-order valence-electron chi connectivity index (χ2n) is 3.51. The van der Waals surface area contributed by atoms with Crippen LogP contribution in [0.15, 0.2) is 0 Å². The van der Waals surface area contributed by atoms with Crippen LogP contribution in [-0.4, -0.2) is 45.6 Å². The lowest BCUT2D eigenvalue weighted by molar-refractivity contribution is 0.121. The van der Waals surface area contributed by atoms with Gasteiger partial charge in [-0.3, -0.25) is 0 Å². The van der Waals surface area contributed by atoms with Crippen LogP contribution in [0, 0.1) is 0 Å². The average Bonchev–Trinajstić information content (AvgIpc) is 2.67. The smallest absolute Gasteiger partial charge is 0.279 e. The van der Waals surface area contributed by atoms with Crippen LogP contribution in [0.2, 0.25) is 0 Å². The van der Waals surface area contributed by atoms with Crippen LogP contribution in [0.4, 0.5) is 0 Å². The van der Waals surface area contributed by atoms with Crippen molar-refractivity contribution in [2.45, 2.75) is 25.9 Å². The Morgan fingerprint density at radius 2 is 2.00 bits per heavy atom. The van der Waals surface area contributed by atoms with Gasteiger partial charge in [0.05, 0.1) is 6.10 Å². The molecule has 1 atom stereocenters. The molecule has 0 aromatic rings. The zero-order chi connectivity index (χ0) is 10.6. The van der Waals surface area contributed by atoms with Gasteiger partial charge in [-0.25, -0.2) is 0 Å². The Bertz CT molecular complexity index is 260. The van der Waals surface area contributed by atoms with E-state index in [1.165, 1.54) is 4.31 Å². The fourth-order valence-corrected chi connectivity index (χ4v) is 2.69. The molecule has 0 saturated carbocycles. The number of ether oxygens (including phenoxy) is 1. The highest BCUT2D eigenvalue weighted by Crippen LogP contribution is 2.10. The summed E-state index contributed by atoms with van der Waals surface area (Å²) < 4.78 is 32.2. The standard InChI is InChI=1S/C8H18N2O3S/c1-8(13-2)7-9-14(11,12)10-5-3-4-6-10/h8-9H,3-7H2,1-2H3. The Labute approximate surface area is 85.6 Å². The van der Waals surface area contributed by atoms with E-state index in [0.29, 0.717) is 19.6 Å². The minimum atomic E-state index is -3.26. The maximum absolute atomic E-state index is 11.6. The molecule has 1 fully saturated rings. The van der Waals surface area contributed by atoms with Gasteiger partial charge in [0, 0.05) is 26.7 Å². The normalized spacial score (nSPS) is 21.3. The maximum atomic E-state index is 11.6. The molecule has 1 N–H and O–H groups in total. The monoisotopic (exact) mass is 222 g/mol. The Hall–Kier alpha value is -0.170. The van der Waals surface area contributed by atoms with E-state index in [-0.39, 0.29) is 6.10 Å². The van der Waals surface area contributed by atoms with Crippen LogP contribution in [-0.2, 0) is 14.9 Å². The second kappa shape index (κ2) is 5.06. The summed E-state index contributed by atoms with van der Waals surface area (Å²) >= 11 is 0. The quantitative estimate of drug-likeness (QED) is 0.709.